The Balaban J connectivity index is -0.00000180. The molecule has 8 heteroatoms. The van der Waals surface area contributed by atoms with Gasteiger partial charge in [-0.15, -0.1) is 0 Å². The zero-order chi connectivity index (χ0) is 15.8. The van der Waals surface area contributed by atoms with Crippen LogP contribution in [0.1, 0.15) is 12.8 Å². The summed E-state index contributed by atoms with van der Waals surface area (Å²) in [6.45, 7) is 2.25. The minimum atomic E-state index is -0.345. The third-order valence-corrected chi connectivity index (χ3v) is 2.58. The Morgan fingerprint density at radius 3 is 1.18 bits per heavy atom. The van der Waals surface area contributed by atoms with Gasteiger partial charge in [-0.1, -0.05) is 0 Å². The summed E-state index contributed by atoms with van der Waals surface area (Å²) < 4.78 is 11.6. The minimum Gasteiger partial charge on any atom is -1.00 e. The van der Waals surface area contributed by atoms with E-state index in [0.717, 1.165) is 22.1 Å². The van der Waals surface area contributed by atoms with Crippen molar-refractivity contribution in [2.45, 2.75) is 12.8 Å². The van der Waals surface area contributed by atoms with Crippen LogP contribution in [0.4, 0.5) is 0 Å². The van der Waals surface area contributed by atoms with Crippen LogP contribution in [0.2, 0.25) is 0 Å². The molecule has 22 heavy (non-hydrogen) atoms. The Bertz CT molecular complexity index is 294. The molecule has 134 valence electrons. The number of carbonyl (C=O) groups is 2. The summed E-state index contributed by atoms with van der Waals surface area (Å²) in [4.78, 5) is 22.9. The van der Waals surface area contributed by atoms with E-state index in [1.165, 1.54) is 0 Å². The molecule has 0 fully saturated rings. The maximum atomic E-state index is 11.4. The first-order chi connectivity index (χ1) is 8.99. The molecular formula is C14H30Br2N2O4. The number of hydrogen-bond donors (Lipinski definition) is 0. The average Bonchev–Trinajstić information content (AvgIpc) is 2.22. The molecule has 6 nitrogen and oxygen atoms in total. The van der Waals surface area contributed by atoms with Gasteiger partial charge in [0.2, 0.25) is 0 Å². The number of nitrogens with zero attached hydrogens (tertiary/aromatic N) is 2. The average molecular weight is 450 g/mol. The quantitative estimate of drug-likeness (QED) is 0.260. The standard InChI is InChI=1S/C14H30N2O4.2BrH/c1-15(2,3)9-11-19-13(17)7-8-14(18)20-12-10-16(4,5)6;;/h7-12H2,1-6H3;2*1H/q+2;;/p-2. The number of ether oxygens (including phenoxy) is 2. The Morgan fingerprint density at radius 2 is 0.955 bits per heavy atom. The molecule has 0 saturated carbocycles. The van der Waals surface area contributed by atoms with Crippen LogP contribution in [0.25, 0.3) is 0 Å². The zero-order valence-corrected chi connectivity index (χ0v) is 17.7. The number of esters is 2. The molecule has 0 amide bonds. The fourth-order valence-corrected chi connectivity index (χ4v) is 1.22. The summed E-state index contributed by atoms with van der Waals surface area (Å²) >= 11 is 0. The molecule has 0 aromatic carbocycles. The normalized spacial score (nSPS) is 11.0. The number of likely N-dealkylation sites (N-methyl/N-ethyl adjacent to an activating group) is 2. The third kappa shape index (κ3) is 19.8. The van der Waals surface area contributed by atoms with E-state index in [4.69, 9.17) is 9.47 Å². The van der Waals surface area contributed by atoms with E-state index >= 15 is 0 Å². The number of quaternary nitrogens is 2. The molecule has 0 rings (SSSR count). The van der Waals surface area contributed by atoms with E-state index in [9.17, 15) is 9.59 Å². The summed E-state index contributed by atoms with van der Waals surface area (Å²) in [6.07, 6.45) is 0.167. The van der Waals surface area contributed by atoms with Crippen LogP contribution in [0.15, 0.2) is 0 Å². The predicted octanol–water partition coefficient (Wildman–Crippen LogP) is -5.73. The molecule has 0 unspecified atom stereocenters. The SMILES string of the molecule is C[N+](C)(C)CCOC(=O)CCC(=O)OCC[N+](C)(C)C.[Br-].[Br-]. The Labute approximate surface area is 155 Å². The number of carbonyl (C=O) groups excluding carboxylic acids is 2. The van der Waals surface area contributed by atoms with Crippen molar-refractivity contribution in [3.63, 3.8) is 0 Å². The summed E-state index contributed by atoms with van der Waals surface area (Å²) in [5.41, 5.74) is 0. The van der Waals surface area contributed by atoms with E-state index < -0.39 is 0 Å². The topological polar surface area (TPSA) is 52.6 Å². The lowest BCUT2D eigenvalue weighted by atomic mass is 10.3. The molecule has 0 aliphatic heterocycles. The lowest BCUT2D eigenvalue weighted by molar-refractivity contribution is -0.870. The van der Waals surface area contributed by atoms with Crippen LogP contribution in [-0.2, 0) is 19.1 Å². The van der Waals surface area contributed by atoms with Crippen molar-refractivity contribution < 1.29 is 62.0 Å². The highest BCUT2D eigenvalue weighted by molar-refractivity contribution is 5.77. The summed E-state index contributed by atoms with van der Waals surface area (Å²) in [6, 6.07) is 0. The molecule has 0 aliphatic carbocycles. The molecule has 0 aromatic heterocycles. The summed E-state index contributed by atoms with van der Waals surface area (Å²) in [5, 5.41) is 0. The molecule has 0 atom stereocenters. The minimum absolute atomic E-state index is 0. The largest absolute Gasteiger partial charge is 1.00 e. The van der Waals surface area contributed by atoms with Crippen LogP contribution in [0, 0.1) is 0 Å². The van der Waals surface area contributed by atoms with Crippen molar-refractivity contribution in [3.05, 3.63) is 0 Å². The lowest BCUT2D eigenvalue weighted by Crippen LogP contribution is -3.00. The number of halogens is 2. The molecule has 0 saturated heterocycles. The maximum absolute atomic E-state index is 11.4. The molecule has 0 aromatic rings. The monoisotopic (exact) mass is 448 g/mol. The Kier molecular flexibility index (Phi) is 14.9. The molecule has 0 aliphatic rings. The highest BCUT2D eigenvalue weighted by atomic mass is 79.9. The molecule has 0 bridgehead atoms. The first-order valence-corrected chi connectivity index (χ1v) is 6.92. The second-order valence-electron chi connectivity index (χ2n) is 6.97. The Morgan fingerprint density at radius 1 is 0.682 bits per heavy atom. The van der Waals surface area contributed by atoms with Gasteiger partial charge in [0.25, 0.3) is 0 Å². The highest BCUT2D eigenvalue weighted by Gasteiger charge is 2.13. The predicted molar refractivity (Wildman–Crippen MR) is 77.0 cm³/mol. The van der Waals surface area contributed by atoms with E-state index in [1.54, 1.807) is 0 Å². The van der Waals surface area contributed by atoms with Crippen LogP contribution < -0.4 is 34.0 Å². The van der Waals surface area contributed by atoms with Gasteiger partial charge in [0.1, 0.15) is 26.3 Å². The number of hydrogen-bond acceptors (Lipinski definition) is 4. The van der Waals surface area contributed by atoms with Gasteiger partial charge in [-0.05, 0) is 0 Å². The van der Waals surface area contributed by atoms with Crippen molar-refractivity contribution in [1.29, 1.82) is 0 Å². The van der Waals surface area contributed by atoms with Crippen molar-refractivity contribution >= 4 is 11.9 Å². The van der Waals surface area contributed by atoms with Crippen LogP contribution >= 0.6 is 0 Å². The summed E-state index contributed by atoms with van der Waals surface area (Å²) in [7, 11) is 12.2. The van der Waals surface area contributed by atoms with Crippen LogP contribution in [0.3, 0.4) is 0 Å². The molecule has 0 heterocycles. The molecule has 0 spiro atoms. The highest BCUT2D eigenvalue weighted by Crippen LogP contribution is 1.98. The van der Waals surface area contributed by atoms with Gasteiger partial charge in [-0.2, -0.15) is 0 Å². The lowest BCUT2D eigenvalue weighted by Gasteiger charge is -2.23. The van der Waals surface area contributed by atoms with Crippen molar-refractivity contribution in [1.82, 2.24) is 0 Å². The van der Waals surface area contributed by atoms with Crippen LogP contribution in [-0.4, -0.2) is 89.5 Å². The van der Waals surface area contributed by atoms with E-state index in [0.29, 0.717) is 13.2 Å². The van der Waals surface area contributed by atoms with Gasteiger partial charge >= 0.3 is 11.9 Å². The molecular weight excluding hydrogens is 420 g/mol. The molecule has 0 radical (unpaired) electrons. The van der Waals surface area contributed by atoms with Crippen molar-refractivity contribution in [3.8, 4) is 0 Å². The van der Waals surface area contributed by atoms with Gasteiger partial charge in [0.15, 0.2) is 0 Å². The fourth-order valence-electron chi connectivity index (χ4n) is 1.22. The van der Waals surface area contributed by atoms with E-state index in [1.807, 2.05) is 42.3 Å². The van der Waals surface area contributed by atoms with E-state index in [-0.39, 0.29) is 58.7 Å². The van der Waals surface area contributed by atoms with E-state index in [2.05, 4.69) is 0 Å². The number of rotatable bonds is 9. The summed E-state index contributed by atoms with van der Waals surface area (Å²) in [5.74, 6) is -0.691. The van der Waals surface area contributed by atoms with Crippen molar-refractivity contribution in [2.24, 2.45) is 0 Å². The maximum Gasteiger partial charge on any atom is 0.306 e. The van der Waals surface area contributed by atoms with Gasteiger partial charge in [0.05, 0.1) is 55.1 Å². The first kappa shape index (κ1) is 26.7. The zero-order valence-electron chi connectivity index (χ0n) is 14.5. The van der Waals surface area contributed by atoms with Gasteiger partial charge in [-0.25, -0.2) is 0 Å². The smallest absolute Gasteiger partial charge is 0.306 e. The van der Waals surface area contributed by atoms with Crippen LogP contribution in [0.5, 0.6) is 0 Å². The first-order valence-electron chi connectivity index (χ1n) is 6.92. The second kappa shape index (κ2) is 12.3. The molecule has 0 N–H and O–H groups in total. The third-order valence-electron chi connectivity index (χ3n) is 2.58. The fraction of sp³-hybridized carbons (Fsp3) is 0.857. The van der Waals surface area contributed by atoms with Gasteiger partial charge in [-0.3, -0.25) is 9.59 Å². The van der Waals surface area contributed by atoms with Gasteiger partial charge < -0.3 is 52.4 Å². The van der Waals surface area contributed by atoms with Crippen molar-refractivity contribution in [2.75, 3.05) is 68.6 Å². The van der Waals surface area contributed by atoms with Gasteiger partial charge in [0, 0.05) is 0 Å². The Hall–Kier alpha value is -0.180. The second-order valence-corrected chi connectivity index (χ2v) is 6.97.